The molecule has 0 fully saturated rings. The average molecular weight is 363 g/mol. The molecule has 0 aliphatic carbocycles. The van der Waals surface area contributed by atoms with Crippen LogP contribution < -0.4 is 10.9 Å². The van der Waals surface area contributed by atoms with Gasteiger partial charge in [0.1, 0.15) is 5.39 Å². The van der Waals surface area contributed by atoms with Crippen LogP contribution in [0.25, 0.3) is 16.7 Å². The second-order valence-electron chi connectivity index (χ2n) is 6.49. The largest absolute Gasteiger partial charge is 0.355 e. The lowest BCUT2D eigenvalue weighted by molar-refractivity contribution is 0.730. The van der Waals surface area contributed by atoms with E-state index in [0.29, 0.717) is 23.5 Å². The Balaban J connectivity index is 1.60. The fourth-order valence-corrected chi connectivity index (χ4v) is 3.25. The number of H-pyrrole nitrogens is 1. The highest BCUT2D eigenvalue weighted by molar-refractivity contribution is 5.76. The fraction of sp³-hybridized carbons (Fsp3) is 0.263. The molecular weight excluding hydrogens is 342 g/mol. The SMILES string of the molecule is Cc1nn(C)c(C)c1CCNc1nc2c(cnn2-c2ccccc2)c(=O)[nH]1. The smallest absolute Gasteiger partial charge is 0.263 e. The minimum atomic E-state index is -0.210. The van der Waals surface area contributed by atoms with Crippen LogP contribution in [-0.2, 0) is 13.5 Å². The first-order chi connectivity index (χ1) is 13.0. The van der Waals surface area contributed by atoms with Crippen molar-refractivity contribution in [3.63, 3.8) is 0 Å². The zero-order valence-corrected chi connectivity index (χ0v) is 15.5. The highest BCUT2D eigenvalue weighted by Crippen LogP contribution is 2.15. The van der Waals surface area contributed by atoms with E-state index < -0.39 is 0 Å². The zero-order chi connectivity index (χ0) is 19.0. The number of hydrogen-bond acceptors (Lipinski definition) is 5. The van der Waals surface area contributed by atoms with Crippen LogP contribution in [0.1, 0.15) is 17.0 Å². The van der Waals surface area contributed by atoms with E-state index >= 15 is 0 Å². The molecule has 0 saturated heterocycles. The molecule has 1 aromatic carbocycles. The summed E-state index contributed by atoms with van der Waals surface area (Å²) in [6.07, 6.45) is 2.34. The minimum absolute atomic E-state index is 0.210. The summed E-state index contributed by atoms with van der Waals surface area (Å²) in [6, 6.07) is 9.64. The standard InChI is InChI=1S/C19H21N7O/c1-12-15(13(2)25(3)24-12)9-10-20-19-22-17-16(18(27)23-19)11-21-26(17)14-7-5-4-6-8-14/h4-8,11H,9-10H2,1-3H3,(H2,20,22,23,27). The minimum Gasteiger partial charge on any atom is -0.355 e. The van der Waals surface area contributed by atoms with Gasteiger partial charge < -0.3 is 5.32 Å². The topological polar surface area (TPSA) is 93.4 Å². The number of aromatic amines is 1. The molecule has 0 amide bonds. The average Bonchev–Trinajstić information content (AvgIpc) is 3.19. The van der Waals surface area contributed by atoms with E-state index in [2.05, 4.69) is 32.4 Å². The Morgan fingerprint density at radius 1 is 1.19 bits per heavy atom. The molecular formula is C19H21N7O. The summed E-state index contributed by atoms with van der Waals surface area (Å²) in [5, 5.41) is 12.4. The Labute approximate surface area is 155 Å². The normalized spacial score (nSPS) is 11.2. The molecule has 0 saturated carbocycles. The number of anilines is 1. The van der Waals surface area contributed by atoms with Crippen LogP contribution in [0.2, 0.25) is 0 Å². The maximum Gasteiger partial charge on any atom is 0.263 e. The van der Waals surface area contributed by atoms with Gasteiger partial charge in [-0.2, -0.15) is 15.2 Å². The van der Waals surface area contributed by atoms with Crippen molar-refractivity contribution in [2.75, 3.05) is 11.9 Å². The monoisotopic (exact) mass is 363 g/mol. The van der Waals surface area contributed by atoms with Crippen LogP contribution in [0.15, 0.2) is 41.3 Å². The molecule has 4 rings (SSSR count). The summed E-state index contributed by atoms with van der Waals surface area (Å²) in [4.78, 5) is 19.7. The van der Waals surface area contributed by atoms with E-state index in [1.807, 2.05) is 49.0 Å². The second kappa shape index (κ2) is 6.71. The van der Waals surface area contributed by atoms with Crippen LogP contribution in [0.4, 0.5) is 5.95 Å². The number of aromatic nitrogens is 6. The van der Waals surface area contributed by atoms with Crippen LogP contribution in [0, 0.1) is 13.8 Å². The number of nitrogens with zero attached hydrogens (tertiary/aromatic N) is 5. The number of para-hydroxylation sites is 1. The van der Waals surface area contributed by atoms with Crippen molar-refractivity contribution in [2.24, 2.45) is 7.05 Å². The van der Waals surface area contributed by atoms with Crippen molar-refractivity contribution >= 4 is 17.0 Å². The van der Waals surface area contributed by atoms with Crippen molar-refractivity contribution in [3.05, 3.63) is 63.8 Å². The number of aryl methyl sites for hydroxylation is 2. The van der Waals surface area contributed by atoms with Gasteiger partial charge in [-0.25, -0.2) is 4.68 Å². The summed E-state index contributed by atoms with van der Waals surface area (Å²) in [7, 11) is 1.94. The van der Waals surface area contributed by atoms with Gasteiger partial charge in [0.25, 0.3) is 5.56 Å². The van der Waals surface area contributed by atoms with Gasteiger partial charge in [-0.05, 0) is 38.0 Å². The fourth-order valence-electron chi connectivity index (χ4n) is 3.25. The highest BCUT2D eigenvalue weighted by Gasteiger charge is 2.12. The lowest BCUT2D eigenvalue weighted by Crippen LogP contribution is -2.15. The second-order valence-corrected chi connectivity index (χ2v) is 6.49. The molecule has 0 aliphatic rings. The molecule has 3 aromatic heterocycles. The molecule has 0 aliphatic heterocycles. The van der Waals surface area contributed by atoms with Crippen molar-refractivity contribution in [3.8, 4) is 5.69 Å². The number of rotatable bonds is 5. The lowest BCUT2D eigenvalue weighted by Gasteiger charge is -2.07. The predicted molar refractivity (Wildman–Crippen MR) is 104 cm³/mol. The van der Waals surface area contributed by atoms with Crippen LogP contribution in [0.3, 0.4) is 0 Å². The Morgan fingerprint density at radius 3 is 2.67 bits per heavy atom. The molecule has 0 bridgehead atoms. The predicted octanol–water partition coefficient (Wildman–Crippen LogP) is 2.11. The van der Waals surface area contributed by atoms with Crippen molar-refractivity contribution in [1.82, 2.24) is 29.5 Å². The van der Waals surface area contributed by atoms with Crippen LogP contribution >= 0.6 is 0 Å². The Hall–Kier alpha value is -3.42. The van der Waals surface area contributed by atoms with Crippen molar-refractivity contribution in [1.29, 1.82) is 0 Å². The molecule has 8 heteroatoms. The van der Waals surface area contributed by atoms with Gasteiger partial charge in [0, 0.05) is 19.3 Å². The quantitative estimate of drug-likeness (QED) is 0.566. The van der Waals surface area contributed by atoms with Crippen molar-refractivity contribution in [2.45, 2.75) is 20.3 Å². The molecule has 3 heterocycles. The van der Waals surface area contributed by atoms with Gasteiger partial charge in [0.15, 0.2) is 5.65 Å². The third-order valence-electron chi connectivity index (χ3n) is 4.77. The van der Waals surface area contributed by atoms with Crippen LogP contribution in [-0.4, -0.2) is 36.1 Å². The molecule has 138 valence electrons. The number of fused-ring (bicyclic) bond motifs is 1. The molecule has 0 atom stereocenters. The maximum absolute atomic E-state index is 12.4. The van der Waals surface area contributed by atoms with Gasteiger partial charge in [-0.3, -0.25) is 14.5 Å². The van der Waals surface area contributed by atoms with E-state index in [0.717, 1.165) is 23.5 Å². The van der Waals surface area contributed by atoms with E-state index in [4.69, 9.17) is 0 Å². The van der Waals surface area contributed by atoms with Gasteiger partial charge >= 0.3 is 0 Å². The molecule has 8 nitrogen and oxygen atoms in total. The molecule has 0 radical (unpaired) electrons. The summed E-state index contributed by atoms with van der Waals surface area (Å²) >= 11 is 0. The molecule has 2 N–H and O–H groups in total. The lowest BCUT2D eigenvalue weighted by atomic mass is 10.1. The summed E-state index contributed by atoms with van der Waals surface area (Å²) < 4.78 is 3.56. The third-order valence-corrected chi connectivity index (χ3v) is 4.77. The molecule has 0 unspecified atom stereocenters. The van der Waals surface area contributed by atoms with Gasteiger partial charge in [-0.15, -0.1) is 0 Å². The molecule has 27 heavy (non-hydrogen) atoms. The van der Waals surface area contributed by atoms with E-state index in [1.54, 1.807) is 10.9 Å². The maximum atomic E-state index is 12.4. The first-order valence-electron chi connectivity index (χ1n) is 8.81. The molecule has 4 aromatic rings. The van der Waals surface area contributed by atoms with Crippen molar-refractivity contribution < 1.29 is 0 Å². The zero-order valence-electron chi connectivity index (χ0n) is 15.5. The Kier molecular flexibility index (Phi) is 4.23. The summed E-state index contributed by atoms with van der Waals surface area (Å²) in [5.41, 5.74) is 4.56. The van der Waals surface area contributed by atoms with E-state index in [-0.39, 0.29) is 5.56 Å². The van der Waals surface area contributed by atoms with Gasteiger partial charge in [-0.1, -0.05) is 18.2 Å². The van der Waals surface area contributed by atoms with Gasteiger partial charge in [0.2, 0.25) is 5.95 Å². The van der Waals surface area contributed by atoms with E-state index in [9.17, 15) is 4.79 Å². The highest BCUT2D eigenvalue weighted by atomic mass is 16.1. The Bertz CT molecular complexity index is 1150. The number of nitrogens with one attached hydrogen (secondary N) is 2. The first kappa shape index (κ1) is 17.0. The number of benzene rings is 1. The Morgan fingerprint density at radius 2 is 1.96 bits per heavy atom. The summed E-state index contributed by atoms with van der Waals surface area (Å²) in [6.45, 7) is 4.70. The number of hydrogen-bond donors (Lipinski definition) is 2. The third kappa shape index (κ3) is 3.10. The van der Waals surface area contributed by atoms with E-state index in [1.165, 1.54) is 5.56 Å². The first-order valence-corrected chi connectivity index (χ1v) is 8.81. The summed E-state index contributed by atoms with van der Waals surface area (Å²) in [5.74, 6) is 0.435. The van der Waals surface area contributed by atoms with Gasteiger partial charge in [0.05, 0.1) is 17.6 Å². The van der Waals surface area contributed by atoms with Crippen LogP contribution in [0.5, 0.6) is 0 Å². The molecule has 0 spiro atoms.